The molecule has 1 heterocycles. The van der Waals surface area contributed by atoms with E-state index in [4.69, 9.17) is 5.11 Å². The van der Waals surface area contributed by atoms with Crippen LogP contribution in [0.3, 0.4) is 0 Å². The number of hydrogen-bond donors (Lipinski definition) is 2. The van der Waals surface area contributed by atoms with Gasteiger partial charge in [0.2, 0.25) is 0 Å². The summed E-state index contributed by atoms with van der Waals surface area (Å²) in [5.41, 5.74) is 2.22. The maximum absolute atomic E-state index is 12.1. The first-order chi connectivity index (χ1) is 10.6. The van der Waals surface area contributed by atoms with E-state index in [1.807, 2.05) is 49.4 Å². The summed E-state index contributed by atoms with van der Waals surface area (Å²) in [7, 11) is 0. The molecule has 110 valence electrons. The third-order valence-electron chi connectivity index (χ3n) is 3.89. The molecule has 2 aromatic carbocycles. The number of nitrogens with one attached hydrogen (secondary N) is 1. The van der Waals surface area contributed by atoms with E-state index in [1.54, 1.807) is 6.07 Å². The van der Waals surface area contributed by atoms with Gasteiger partial charge in [-0.15, -0.1) is 0 Å². The van der Waals surface area contributed by atoms with E-state index in [0.717, 1.165) is 17.2 Å². The summed E-state index contributed by atoms with van der Waals surface area (Å²) < 4.78 is 0. The highest BCUT2D eigenvalue weighted by molar-refractivity contribution is 5.91. The Kier molecular flexibility index (Phi) is 3.51. The van der Waals surface area contributed by atoms with Crippen molar-refractivity contribution in [3.05, 3.63) is 81.6 Å². The molecular weight excluding hydrogens is 278 g/mol. The molecule has 0 aliphatic rings. The monoisotopic (exact) mass is 293 g/mol. The molecule has 3 aromatic rings. The number of pyridine rings is 1. The summed E-state index contributed by atoms with van der Waals surface area (Å²) in [6.07, 6.45) is 0. The van der Waals surface area contributed by atoms with Crippen LogP contribution < -0.4 is 5.43 Å². The van der Waals surface area contributed by atoms with Gasteiger partial charge in [0, 0.05) is 17.4 Å². The van der Waals surface area contributed by atoms with Crippen molar-refractivity contribution in [3.8, 4) is 0 Å². The topological polar surface area (TPSA) is 70.2 Å². The molecule has 0 fully saturated rings. The van der Waals surface area contributed by atoms with Gasteiger partial charge >= 0.3 is 5.97 Å². The van der Waals surface area contributed by atoms with E-state index in [0.29, 0.717) is 10.9 Å². The van der Waals surface area contributed by atoms with Crippen molar-refractivity contribution in [2.24, 2.45) is 0 Å². The number of para-hydroxylation sites is 1. The molecule has 0 saturated carbocycles. The van der Waals surface area contributed by atoms with Gasteiger partial charge in [0.15, 0.2) is 5.43 Å². The third kappa shape index (κ3) is 2.39. The predicted octanol–water partition coefficient (Wildman–Crippen LogP) is 3.38. The van der Waals surface area contributed by atoms with Crippen LogP contribution in [0.5, 0.6) is 0 Å². The molecule has 3 rings (SSSR count). The lowest BCUT2D eigenvalue weighted by Gasteiger charge is -2.15. The molecule has 0 aliphatic heterocycles. The summed E-state index contributed by atoms with van der Waals surface area (Å²) in [5, 5.41) is 9.65. The normalized spacial score (nSPS) is 12.2. The summed E-state index contributed by atoms with van der Waals surface area (Å²) in [4.78, 5) is 26.2. The van der Waals surface area contributed by atoms with Gasteiger partial charge in [-0.05, 0) is 17.2 Å². The molecule has 2 N–H and O–H groups in total. The summed E-state index contributed by atoms with van der Waals surface area (Å²) in [5.74, 6) is -1.09. The van der Waals surface area contributed by atoms with E-state index >= 15 is 0 Å². The molecule has 4 nitrogen and oxygen atoms in total. The molecule has 0 radical (unpaired) electrons. The van der Waals surface area contributed by atoms with Gasteiger partial charge in [0.1, 0.15) is 5.69 Å². The fourth-order valence-electron chi connectivity index (χ4n) is 2.69. The van der Waals surface area contributed by atoms with Gasteiger partial charge < -0.3 is 10.1 Å². The molecule has 0 spiro atoms. The van der Waals surface area contributed by atoms with Crippen molar-refractivity contribution in [1.29, 1.82) is 0 Å². The fourth-order valence-corrected chi connectivity index (χ4v) is 2.69. The second-order valence-corrected chi connectivity index (χ2v) is 5.25. The molecule has 22 heavy (non-hydrogen) atoms. The van der Waals surface area contributed by atoms with Crippen LogP contribution >= 0.6 is 0 Å². The molecule has 0 aliphatic carbocycles. The Labute approximate surface area is 127 Å². The second kappa shape index (κ2) is 5.48. The smallest absolute Gasteiger partial charge is 0.352 e. The van der Waals surface area contributed by atoms with Crippen LogP contribution in [-0.4, -0.2) is 16.1 Å². The van der Waals surface area contributed by atoms with Crippen molar-refractivity contribution < 1.29 is 9.90 Å². The Hall–Kier alpha value is -2.88. The molecule has 1 atom stereocenters. The number of hydrogen-bond acceptors (Lipinski definition) is 2. The first-order valence-corrected chi connectivity index (χ1v) is 7.02. The van der Waals surface area contributed by atoms with Crippen molar-refractivity contribution in [1.82, 2.24) is 4.98 Å². The quantitative estimate of drug-likeness (QED) is 0.777. The van der Waals surface area contributed by atoms with Crippen molar-refractivity contribution in [2.45, 2.75) is 12.8 Å². The average molecular weight is 293 g/mol. The highest BCUT2D eigenvalue weighted by Gasteiger charge is 2.15. The molecule has 0 bridgehead atoms. The zero-order valence-corrected chi connectivity index (χ0v) is 12.0. The summed E-state index contributed by atoms with van der Waals surface area (Å²) in [6, 6.07) is 16.5. The zero-order valence-electron chi connectivity index (χ0n) is 12.0. The van der Waals surface area contributed by atoms with Crippen LogP contribution in [0.4, 0.5) is 0 Å². The van der Waals surface area contributed by atoms with Crippen molar-refractivity contribution in [2.75, 3.05) is 0 Å². The van der Waals surface area contributed by atoms with Gasteiger partial charge in [-0.1, -0.05) is 49.4 Å². The Balaban J connectivity index is 2.26. The number of fused-ring (bicyclic) bond motifs is 1. The lowest BCUT2D eigenvalue weighted by molar-refractivity contribution is 0.0691. The first-order valence-electron chi connectivity index (χ1n) is 7.02. The Morgan fingerprint density at radius 2 is 1.82 bits per heavy atom. The van der Waals surface area contributed by atoms with Crippen LogP contribution in [0.2, 0.25) is 0 Å². The van der Waals surface area contributed by atoms with Crippen LogP contribution in [0.15, 0.2) is 59.4 Å². The minimum absolute atomic E-state index is 0.0459. The lowest BCUT2D eigenvalue weighted by atomic mass is 9.91. The van der Waals surface area contributed by atoms with E-state index in [-0.39, 0.29) is 17.0 Å². The molecule has 1 aromatic heterocycles. The van der Waals surface area contributed by atoms with Crippen LogP contribution in [0.25, 0.3) is 10.9 Å². The number of aromatic carboxylic acids is 1. The minimum Gasteiger partial charge on any atom is -0.477 e. The third-order valence-corrected chi connectivity index (χ3v) is 3.89. The predicted molar refractivity (Wildman–Crippen MR) is 85.5 cm³/mol. The zero-order chi connectivity index (χ0) is 15.7. The number of carbonyl (C=O) groups is 1. The SMILES string of the molecule is CC(c1ccccc1)c1cccc2c(=O)cc(C(=O)O)[nH]c12. The maximum atomic E-state index is 12.1. The summed E-state index contributed by atoms with van der Waals surface area (Å²) >= 11 is 0. The summed E-state index contributed by atoms with van der Waals surface area (Å²) in [6.45, 7) is 2.04. The maximum Gasteiger partial charge on any atom is 0.352 e. The molecular formula is C18H15NO3. The highest BCUT2D eigenvalue weighted by atomic mass is 16.4. The van der Waals surface area contributed by atoms with Crippen LogP contribution in [0, 0.1) is 0 Å². The van der Waals surface area contributed by atoms with E-state index < -0.39 is 5.97 Å². The van der Waals surface area contributed by atoms with E-state index in [9.17, 15) is 9.59 Å². The molecule has 4 heteroatoms. The van der Waals surface area contributed by atoms with Gasteiger partial charge in [-0.25, -0.2) is 4.79 Å². The van der Waals surface area contributed by atoms with Gasteiger partial charge in [0.25, 0.3) is 0 Å². The Morgan fingerprint density at radius 3 is 2.50 bits per heavy atom. The lowest BCUT2D eigenvalue weighted by Crippen LogP contribution is -2.11. The highest BCUT2D eigenvalue weighted by Crippen LogP contribution is 2.28. The van der Waals surface area contributed by atoms with Crippen LogP contribution in [-0.2, 0) is 0 Å². The number of benzene rings is 2. The molecule has 1 unspecified atom stereocenters. The number of carboxylic acids is 1. The van der Waals surface area contributed by atoms with E-state index in [2.05, 4.69) is 4.98 Å². The van der Waals surface area contributed by atoms with Gasteiger partial charge in [0.05, 0.1) is 5.52 Å². The van der Waals surface area contributed by atoms with Gasteiger partial charge in [-0.3, -0.25) is 4.79 Å². The average Bonchev–Trinajstić information content (AvgIpc) is 2.54. The number of H-pyrrole nitrogens is 1. The number of carboxylic acid groups (broad SMARTS) is 1. The van der Waals surface area contributed by atoms with Gasteiger partial charge in [-0.2, -0.15) is 0 Å². The van der Waals surface area contributed by atoms with Crippen molar-refractivity contribution in [3.63, 3.8) is 0 Å². The first kappa shape index (κ1) is 14.1. The van der Waals surface area contributed by atoms with Crippen LogP contribution in [0.1, 0.15) is 34.5 Å². The fraction of sp³-hybridized carbons (Fsp3) is 0.111. The second-order valence-electron chi connectivity index (χ2n) is 5.25. The number of aromatic nitrogens is 1. The Bertz CT molecular complexity index is 897. The molecule has 0 saturated heterocycles. The largest absolute Gasteiger partial charge is 0.477 e. The van der Waals surface area contributed by atoms with E-state index in [1.165, 1.54) is 0 Å². The number of aromatic amines is 1. The number of rotatable bonds is 3. The van der Waals surface area contributed by atoms with Crippen molar-refractivity contribution >= 4 is 16.9 Å². The Morgan fingerprint density at radius 1 is 1.09 bits per heavy atom. The molecule has 0 amide bonds. The standard InChI is InChI=1S/C18H15NO3/c1-11(12-6-3-2-4-7-12)13-8-5-9-14-16(20)10-15(18(21)22)19-17(13)14/h2-11H,1H3,(H,19,20)(H,21,22). The minimum atomic E-state index is -1.14.